The van der Waals surface area contributed by atoms with Crippen LogP contribution in [0.5, 0.6) is 5.75 Å². The molecule has 1 aliphatic carbocycles. The Morgan fingerprint density at radius 2 is 2.14 bits per heavy atom. The van der Waals surface area contributed by atoms with Crippen molar-refractivity contribution in [1.29, 1.82) is 0 Å². The van der Waals surface area contributed by atoms with E-state index in [9.17, 15) is 4.79 Å². The van der Waals surface area contributed by atoms with Crippen molar-refractivity contribution in [3.8, 4) is 5.75 Å². The number of rotatable bonds is 6. The molecule has 1 heterocycles. The van der Waals surface area contributed by atoms with Crippen molar-refractivity contribution >= 4 is 27.5 Å². The summed E-state index contributed by atoms with van der Waals surface area (Å²) in [5.74, 6) is 1.23. The van der Waals surface area contributed by atoms with Crippen molar-refractivity contribution in [2.75, 3.05) is 11.9 Å². The number of aromatic nitrogens is 2. The zero-order valence-electron chi connectivity index (χ0n) is 11.5. The molecule has 0 unspecified atom stereocenters. The van der Waals surface area contributed by atoms with Crippen LogP contribution in [0.4, 0.5) is 5.69 Å². The van der Waals surface area contributed by atoms with Gasteiger partial charge in [-0.05, 0) is 43.0 Å². The van der Waals surface area contributed by atoms with E-state index >= 15 is 0 Å². The van der Waals surface area contributed by atoms with Crippen molar-refractivity contribution in [2.24, 2.45) is 5.92 Å². The number of hydrogen-bond donors (Lipinski definition) is 1. The highest BCUT2D eigenvalue weighted by Crippen LogP contribution is 2.30. The van der Waals surface area contributed by atoms with Gasteiger partial charge in [0.2, 0.25) is 0 Å². The molecule has 0 saturated heterocycles. The number of amides is 1. The number of ether oxygens (including phenoxy) is 1. The van der Waals surface area contributed by atoms with Crippen LogP contribution in [0.15, 0.2) is 41.1 Å². The fourth-order valence-corrected chi connectivity index (χ4v) is 2.23. The fourth-order valence-electron chi connectivity index (χ4n) is 1.97. The Bertz CT molecular complexity index is 620. The van der Waals surface area contributed by atoms with E-state index in [1.54, 1.807) is 6.20 Å². The minimum atomic E-state index is -0.191. The molecule has 0 radical (unpaired) electrons. The van der Waals surface area contributed by atoms with E-state index in [1.165, 1.54) is 12.8 Å². The zero-order valence-corrected chi connectivity index (χ0v) is 13.0. The first-order valence-corrected chi connectivity index (χ1v) is 7.69. The standard InChI is InChI=1S/C15H16BrN3O2/c16-12-3-5-14(6-4-12)21-10-15(20)18-13-7-17-19(9-13)8-11-1-2-11/h3-7,9,11H,1-2,8,10H2,(H,18,20). The van der Waals surface area contributed by atoms with Crippen LogP contribution in [0, 0.1) is 5.92 Å². The van der Waals surface area contributed by atoms with Crippen molar-refractivity contribution in [3.63, 3.8) is 0 Å². The number of nitrogens with one attached hydrogen (secondary N) is 1. The molecule has 1 saturated carbocycles. The lowest BCUT2D eigenvalue weighted by molar-refractivity contribution is -0.118. The van der Waals surface area contributed by atoms with E-state index in [1.807, 2.05) is 35.1 Å². The second kappa shape index (κ2) is 6.30. The summed E-state index contributed by atoms with van der Waals surface area (Å²) in [4.78, 5) is 11.8. The Morgan fingerprint density at radius 3 is 2.86 bits per heavy atom. The normalized spacial score (nSPS) is 14.0. The van der Waals surface area contributed by atoms with Gasteiger partial charge in [-0.25, -0.2) is 0 Å². The lowest BCUT2D eigenvalue weighted by atomic mass is 10.3. The largest absolute Gasteiger partial charge is 0.484 e. The molecular formula is C15H16BrN3O2. The van der Waals surface area contributed by atoms with Crippen molar-refractivity contribution in [1.82, 2.24) is 9.78 Å². The van der Waals surface area contributed by atoms with Gasteiger partial charge < -0.3 is 10.1 Å². The second-order valence-corrected chi connectivity index (χ2v) is 6.10. The van der Waals surface area contributed by atoms with Crippen LogP contribution in [0.1, 0.15) is 12.8 Å². The lowest BCUT2D eigenvalue weighted by Gasteiger charge is -2.06. The number of carbonyl (C=O) groups is 1. The van der Waals surface area contributed by atoms with Gasteiger partial charge >= 0.3 is 0 Å². The predicted octanol–water partition coefficient (Wildman–Crippen LogP) is 3.07. The Kier molecular flexibility index (Phi) is 4.24. The highest BCUT2D eigenvalue weighted by molar-refractivity contribution is 9.10. The van der Waals surface area contributed by atoms with Crippen molar-refractivity contribution in [3.05, 3.63) is 41.1 Å². The summed E-state index contributed by atoms with van der Waals surface area (Å²) in [5, 5.41) is 7.01. The first-order chi connectivity index (χ1) is 10.2. The summed E-state index contributed by atoms with van der Waals surface area (Å²) in [6.07, 6.45) is 6.08. The maximum absolute atomic E-state index is 11.8. The van der Waals surface area contributed by atoms with Gasteiger partial charge in [-0.15, -0.1) is 0 Å². The minimum Gasteiger partial charge on any atom is -0.484 e. The van der Waals surface area contributed by atoms with Gasteiger partial charge in [0.1, 0.15) is 5.75 Å². The molecule has 1 aromatic heterocycles. The molecule has 110 valence electrons. The quantitative estimate of drug-likeness (QED) is 0.871. The van der Waals surface area contributed by atoms with Gasteiger partial charge in [-0.1, -0.05) is 15.9 Å². The van der Waals surface area contributed by atoms with E-state index in [0.717, 1.165) is 16.9 Å². The summed E-state index contributed by atoms with van der Waals surface area (Å²) < 4.78 is 8.27. The molecule has 1 aromatic carbocycles. The average Bonchev–Trinajstić information content (AvgIpc) is 3.17. The summed E-state index contributed by atoms with van der Waals surface area (Å²) in [6, 6.07) is 7.36. The molecule has 2 aromatic rings. The van der Waals surface area contributed by atoms with E-state index in [2.05, 4.69) is 26.3 Å². The van der Waals surface area contributed by atoms with Crippen LogP contribution in [0.3, 0.4) is 0 Å². The van der Waals surface area contributed by atoms with Gasteiger partial charge in [0, 0.05) is 17.2 Å². The van der Waals surface area contributed by atoms with Gasteiger partial charge in [-0.3, -0.25) is 9.48 Å². The summed E-state index contributed by atoms with van der Waals surface area (Å²) in [5.41, 5.74) is 0.708. The average molecular weight is 350 g/mol. The topological polar surface area (TPSA) is 56.1 Å². The van der Waals surface area contributed by atoms with Crippen LogP contribution in [-0.4, -0.2) is 22.3 Å². The molecule has 1 fully saturated rings. The third-order valence-electron chi connectivity index (χ3n) is 3.24. The molecule has 1 N–H and O–H groups in total. The highest BCUT2D eigenvalue weighted by Gasteiger charge is 2.22. The SMILES string of the molecule is O=C(COc1ccc(Br)cc1)Nc1cnn(CC2CC2)c1. The molecule has 0 aliphatic heterocycles. The third-order valence-corrected chi connectivity index (χ3v) is 3.77. The number of carbonyl (C=O) groups excluding carboxylic acids is 1. The molecule has 0 bridgehead atoms. The number of hydrogen-bond acceptors (Lipinski definition) is 3. The maximum atomic E-state index is 11.8. The second-order valence-electron chi connectivity index (χ2n) is 5.19. The lowest BCUT2D eigenvalue weighted by Crippen LogP contribution is -2.19. The number of halogens is 1. The summed E-state index contributed by atoms with van der Waals surface area (Å²) in [6.45, 7) is 0.917. The maximum Gasteiger partial charge on any atom is 0.262 e. The number of nitrogens with zero attached hydrogens (tertiary/aromatic N) is 2. The van der Waals surface area contributed by atoms with Crippen LogP contribution < -0.4 is 10.1 Å². The molecule has 6 heteroatoms. The van der Waals surface area contributed by atoms with Gasteiger partial charge in [0.15, 0.2) is 6.61 Å². The van der Waals surface area contributed by atoms with E-state index < -0.39 is 0 Å². The molecule has 0 spiro atoms. The molecule has 3 rings (SSSR count). The first-order valence-electron chi connectivity index (χ1n) is 6.90. The van der Waals surface area contributed by atoms with Crippen LogP contribution in [0.25, 0.3) is 0 Å². The van der Waals surface area contributed by atoms with Crippen LogP contribution in [-0.2, 0) is 11.3 Å². The molecule has 1 aliphatic rings. The van der Waals surface area contributed by atoms with Crippen LogP contribution in [0.2, 0.25) is 0 Å². The highest BCUT2D eigenvalue weighted by atomic mass is 79.9. The van der Waals surface area contributed by atoms with Crippen LogP contribution >= 0.6 is 15.9 Å². The van der Waals surface area contributed by atoms with Crippen molar-refractivity contribution in [2.45, 2.75) is 19.4 Å². The monoisotopic (exact) mass is 349 g/mol. The van der Waals surface area contributed by atoms with Gasteiger partial charge in [0.25, 0.3) is 5.91 Å². The molecular weight excluding hydrogens is 334 g/mol. The Morgan fingerprint density at radius 1 is 1.38 bits per heavy atom. The smallest absolute Gasteiger partial charge is 0.262 e. The summed E-state index contributed by atoms with van der Waals surface area (Å²) in [7, 11) is 0. The Balaban J connectivity index is 1.46. The Hall–Kier alpha value is -1.82. The first kappa shape index (κ1) is 14.1. The van der Waals surface area contributed by atoms with E-state index in [0.29, 0.717) is 11.4 Å². The van der Waals surface area contributed by atoms with E-state index in [4.69, 9.17) is 4.74 Å². The third kappa shape index (κ3) is 4.32. The predicted molar refractivity (Wildman–Crippen MR) is 83.2 cm³/mol. The number of anilines is 1. The molecule has 5 nitrogen and oxygen atoms in total. The zero-order chi connectivity index (χ0) is 14.7. The molecule has 1 amide bonds. The van der Waals surface area contributed by atoms with Gasteiger partial charge in [0.05, 0.1) is 11.9 Å². The fraction of sp³-hybridized carbons (Fsp3) is 0.333. The van der Waals surface area contributed by atoms with Crippen molar-refractivity contribution < 1.29 is 9.53 Å². The summed E-state index contributed by atoms with van der Waals surface area (Å²) >= 11 is 3.35. The van der Waals surface area contributed by atoms with E-state index in [-0.39, 0.29) is 12.5 Å². The van der Waals surface area contributed by atoms with Gasteiger partial charge in [-0.2, -0.15) is 5.10 Å². The molecule has 0 atom stereocenters. The molecule has 21 heavy (non-hydrogen) atoms. The number of benzene rings is 1. The Labute approximate surface area is 131 Å². The minimum absolute atomic E-state index is 0.0184.